The van der Waals surface area contributed by atoms with E-state index in [4.69, 9.17) is 8.94 Å². The van der Waals surface area contributed by atoms with Gasteiger partial charge in [0.2, 0.25) is 17.5 Å². The van der Waals surface area contributed by atoms with E-state index in [-0.39, 0.29) is 23.6 Å². The number of carbonyl (C=O) groups is 1. The fraction of sp³-hybridized carbons (Fsp3) is 0.400. The average Bonchev–Trinajstić information content (AvgIpc) is 3.36. The zero-order valence-corrected chi connectivity index (χ0v) is 15.5. The summed E-state index contributed by atoms with van der Waals surface area (Å²) in [6.45, 7) is 1.85. The molecule has 1 aliphatic rings. The van der Waals surface area contributed by atoms with E-state index in [1.54, 1.807) is 6.07 Å². The number of amides is 1. The molecule has 2 heterocycles. The number of aliphatic hydroxyl groups excluding tert-OH is 1. The molecule has 1 fully saturated rings. The highest BCUT2D eigenvalue weighted by molar-refractivity contribution is 5.92. The summed E-state index contributed by atoms with van der Waals surface area (Å²) < 4.78 is 10.7. The number of nitrogens with zero attached hydrogens (tertiary/aromatic N) is 3. The van der Waals surface area contributed by atoms with Crippen LogP contribution in [0, 0.1) is 5.92 Å². The first kappa shape index (κ1) is 18.4. The van der Waals surface area contributed by atoms with E-state index >= 15 is 0 Å². The molecule has 1 aromatic carbocycles. The van der Waals surface area contributed by atoms with Gasteiger partial charge in [-0.1, -0.05) is 42.4 Å². The van der Waals surface area contributed by atoms with Crippen LogP contribution in [0.1, 0.15) is 54.6 Å². The zero-order valence-electron chi connectivity index (χ0n) is 15.5. The minimum absolute atomic E-state index is 0.0893. The van der Waals surface area contributed by atoms with E-state index in [9.17, 15) is 9.90 Å². The first-order valence-corrected chi connectivity index (χ1v) is 9.45. The highest BCUT2D eigenvalue weighted by atomic mass is 16.5. The van der Waals surface area contributed by atoms with Crippen molar-refractivity contribution >= 4 is 5.91 Å². The van der Waals surface area contributed by atoms with E-state index in [0.717, 1.165) is 18.4 Å². The molecule has 28 heavy (non-hydrogen) atoms. The molecule has 0 bridgehead atoms. The van der Waals surface area contributed by atoms with Gasteiger partial charge in [-0.25, -0.2) is 0 Å². The highest BCUT2D eigenvalue weighted by Gasteiger charge is 2.32. The smallest absolute Gasteiger partial charge is 0.290 e. The molecule has 146 valence electrons. The summed E-state index contributed by atoms with van der Waals surface area (Å²) >= 11 is 0. The van der Waals surface area contributed by atoms with Gasteiger partial charge in [-0.05, 0) is 25.2 Å². The quantitative estimate of drug-likeness (QED) is 0.646. The van der Waals surface area contributed by atoms with Crippen LogP contribution in [0.2, 0.25) is 0 Å². The monoisotopic (exact) mass is 382 g/mol. The second-order valence-electron chi connectivity index (χ2n) is 7.11. The fourth-order valence-electron chi connectivity index (χ4n) is 3.31. The van der Waals surface area contributed by atoms with Crippen molar-refractivity contribution in [2.75, 3.05) is 0 Å². The maximum atomic E-state index is 12.4. The van der Waals surface area contributed by atoms with Crippen LogP contribution in [0.25, 0.3) is 11.3 Å². The van der Waals surface area contributed by atoms with Crippen LogP contribution < -0.4 is 5.32 Å². The molecular formula is C20H22N4O4. The van der Waals surface area contributed by atoms with E-state index in [1.165, 1.54) is 0 Å². The number of aromatic nitrogens is 3. The van der Waals surface area contributed by atoms with Crippen molar-refractivity contribution in [1.82, 2.24) is 20.7 Å². The van der Waals surface area contributed by atoms with Crippen LogP contribution in [-0.4, -0.2) is 32.4 Å². The Labute approximate surface area is 161 Å². The normalized spacial score (nSPS) is 19.8. The van der Waals surface area contributed by atoms with Crippen molar-refractivity contribution in [3.05, 3.63) is 53.9 Å². The first-order valence-electron chi connectivity index (χ1n) is 9.45. The molecule has 0 aliphatic heterocycles. The molecular weight excluding hydrogens is 360 g/mol. The minimum Gasteiger partial charge on any atom is -0.422 e. The lowest BCUT2D eigenvalue weighted by Crippen LogP contribution is -2.44. The van der Waals surface area contributed by atoms with Crippen LogP contribution in [-0.2, 0) is 6.42 Å². The Morgan fingerprint density at radius 3 is 2.82 bits per heavy atom. The molecule has 8 nitrogen and oxygen atoms in total. The molecule has 0 radical (unpaired) electrons. The average molecular weight is 382 g/mol. The predicted octanol–water partition coefficient (Wildman–Crippen LogP) is 2.92. The van der Waals surface area contributed by atoms with E-state index < -0.39 is 6.10 Å². The number of aliphatic hydroxyl groups is 1. The Balaban J connectivity index is 1.26. The number of hydrogen-bond acceptors (Lipinski definition) is 7. The Bertz CT molecular complexity index is 931. The van der Waals surface area contributed by atoms with Gasteiger partial charge in [-0.2, -0.15) is 0 Å². The van der Waals surface area contributed by atoms with Gasteiger partial charge in [0.05, 0.1) is 0 Å². The Hall–Kier alpha value is -3.00. The minimum atomic E-state index is -0.711. The molecule has 4 rings (SSSR count). The maximum Gasteiger partial charge on any atom is 0.290 e. The summed E-state index contributed by atoms with van der Waals surface area (Å²) in [5.41, 5.74) is 1.54. The van der Waals surface area contributed by atoms with Gasteiger partial charge in [-0.15, -0.1) is 10.2 Å². The molecule has 2 aromatic heterocycles. The maximum absolute atomic E-state index is 12.4. The molecule has 1 atom stereocenters. The summed E-state index contributed by atoms with van der Waals surface area (Å²) in [6.07, 6.45) is 2.14. The van der Waals surface area contributed by atoms with Gasteiger partial charge >= 0.3 is 0 Å². The topological polar surface area (TPSA) is 114 Å². The summed E-state index contributed by atoms with van der Waals surface area (Å²) in [7, 11) is 0. The van der Waals surface area contributed by atoms with Gasteiger partial charge in [0.25, 0.3) is 5.91 Å². The third kappa shape index (κ3) is 3.96. The molecule has 1 amide bonds. The summed E-state index contributed by atoms with van der Waals surface area (Å²) in [5, 5.41) is 24.5. The zero-order chi connectivity index (χ0) is 19.5. The Morgan fingerprint density at radius 1 is 1.29 bits per heavy atom. The van der Waals surface area contributed by atoms with Gasteiger partial charge in [0.15, 0.2) is 0 Å². The molecule has 3 aromatic rings. The lowest BCUT2D eigenvalue weighted by Gasteiger charge is -2.34. The highest BCUT2D eigenvalue weighted by Crippen LogP contribution is 2.31. The fourth-order valence-corrected chi connectivity index (χ4v) is 3.31. The Kier molecular flexibility index (Phi) is 5.21. The van der Waals surface area contributed by atoms with Crippen LogP contribution in [0.3, 0.4) is 0 Å². The van der Waals surface area contributed by atoms with Crippen molar-refractivity contribution in [2.45, 2.75) is 44.8 Å². The number of nitrogens with one attached hydrogen (secondary N) is 1. The molecule has 1 aliphatic carbocycles. The summed E-state index contributed by atoms with van der Waals surface area (Å²) in [5.74, 6) is 1.11. The van der Waals surface area contributed by atoms with Crippen LogP contribution in [0.5, 0.6) is 0 Å². The predicted molar refractivity (Wildman–Crippen MR) is 99.2 cm³/mol. The molecule has 0 unspecified atom stereocenters. The van der Waals surface area contributed by atoms with Gasteiger partial charge in [0, 0.05) is 24.1 Å². The van der Waals surface area contributed by atoms with Gasteiger partial charge < -0.3 is 19.4 Å². The SMILES string of the molecule is CC[C@@H](O)c1nnc(CC2CC(NC(=O)c3cc(-c4ccccc4)no3)C2)o1. The van der Waals surface area contributed by atoms with E-state index in [2.05, 4.69) is 20.7 Å². The third-order valence-electron chi connectivity index (χ3n) is 4.99. The van der Waals surface area contributed by atoms with Crippen LogP contribution in [0.4, 0.5) is 0 Å². The second kappa shape index (κ2) is 7.93. The molecule has 0 spiro atoms. The first-order chi connectivity index (χ1) is 13.6. The second-order valence-corrected chi connectivity index (χ2v) is 7.11. The Morgan fingerprint density at radius 2 is 2.07 bits per heavy atom. The van der Waals surface area contributed by atoms with Crippen molar-refractivity contribution in [1.29, 1.82) is 0 Å². The van der Waals surface area contributed by atoms with E-state index in [1.807, 2.05) is 37.3 Å². The van der Waals surface area contributed by atoms with Crippen molar-refractivity contribution in [2.24, 2.45) is 5.92 Å². The van der Waals surface area contributed by atoms with E-state index in [0.29, 0.717) is 30.3 Å². The van der Waals surface area contributed by atoms with Crippen molar-refractivity contribution in [3.63, 3.8) is 0 Å². The molecule has 1 saturated carbocycles. The largest absolute Gasteiger partial charge is 0.422 e. The van der Waals surface area contributed by atoms with Gasteiger partial charge in [-0.3, -0.25) is 4.79 Å². The van der Waals surface area contributed by atoms with Crippen molar-refractivity contribution in [3.8, 4) is 11.3 Å². The number of hydrogen-bond donors (Lipinski definition) is 2. The summed E-state index contributed by atoms with van der Waals surface area (Å²) in [4.78, 5) is 12.4. The lowest BCUT2D eigenvalue weighted by molar-refractivity contribution is 0.0848. The molecule has 0 saturated heterocycles. The number of benzene rings is 1. The number of rotatable bonds is 7. The standard InChI is InChI=1S/C20H22N4O4/c1-2-16(25)20-23-22-18(27-20)10-12-8-14(9-12)21-19(26)17-11-15(24-28-17)13-6-4-3-5-7-13/h3-7,11-12,14,16,25H,2,8-10H2,1H3,(H,21,26)/t12?,14?,16-/m1/s1. The van der Waals surface area contributed by atoms with Crippen LogP contribution >= 0.6 is 0 Å². The molecule has 2 N–H and O–H groups in total. The lowest BCUT2D eigenvalue weighted by atomic mass is 9.78. The van der Waals surface area contributed by atoms with Crippen molar-refractivity contribution < 1.29 is 18.8 Å². The third-order valence-corrected chi connectivity index (χ3v) is 4.99. The van der Waals surface area contributed by atoms with Gasteiger partial charge in [0.1, 0.15) is 11.8 Å². The van der Waals surface area contributed by atoms with Crippen LogP contribution in [0.15, 0.2) is 45.3 Å². The molecule has 8 heteroatoms. The summed E-state index contributed by atoms with van der Waals surface area (Å²) in [6, 6.07) is 11.3. The number of carbonyl (C=O) groups excluding carboxylic acids is 1.